The Kier molecular flexibility index (Phi) is 5.21. The second-order valence-electron chi connectivity index (χ2n) is 9.12. The van der Waals surface area contributed by atoms with Crippen molar-refractivity contribution in [2.75, 3.05) is 0 Å². The molecular weight excluding hydrogens is 359 g/mol. The van der Waals surface area contributed by atoms with Gasteiger partial charge in [-0.05, 0) is 86.0 Å². The molecule has 0 saturated heterocycles. The molecule has 4 bridgehead atoms. The van der Waals surface area contributed by atoms with Crippen LogP contribution >= 0.6 is 0 Å². The summed E-state index contributed by atoms with van der Waals surface area (Å²) in [6, 6.07) is 5.25. The van der Waals surface area contributed by atoms with Gasteiger partial charge in [-0.15, -0.1) is 0 Å². The first-order chi connectivity index (χ1) is 13.4. The van der Waals surface area contributed by atoms with Crippen molar-refractivity contribution in [3.05, 3.63) is 35.6 Å². The van der Waals surface area contributed by atoms with E-state index in [1.807, 2.05) is 0 Å². The van der Waals surface area contributed by atoms with Gasteiger partial charge in [-0.1, -0.05) is 0 Å². The van der Waals surface area contributed by atoms with Crippen LogP contribution in [-0.4, -0.2) is 17.6 Å². The molecule has 2 N–H and O–H groups in total. The number of carbonyl (C=O) groups is 3. The first-order valence-corrected chi connectivity index (χ1v) is 10.3. The van der Waals surface area contributed by atoms with Gasteiger partial charge in [0.2, 0.25) is 11.8 Å². The van der Waals surface area contributed by atoms with Gasteiger partial charge < -0.3 is 0 Å². The maximum absolute atomic E-state index is 12.9. The van der Waals surface area contributed by atoms with Crippen LogP contribution in [-0.2, 0) is 9.59 Å². The van der Waals surface area contributed by atoms with Crippen LogP contribution in [0.1, 0.15) is 68.1 Å². The summed E-state index contributed by atoms with van der Waals surface area (Å²) in [5.74, 6) is 1.18. The highest BCUT2D eigenvalue weighted by atomic mass is 19.1. The van der Waals surface area contributed by atoms with Gasteiger partial charge in [0, 0.05) is 24.8 Å². The van der Waals surface area contributed by atoms with Crippen LogP contribution in [0.25, 0.3) is 0 Å². The largest absolute Gasteiger partial charge is 0.294 e. The second-order valence-corrected chi connectivity index (χ2v) is 9.12. The summed E-state index contributed by atoms with van der Waals surface area (Å²) in [5.41, 5.74) is 5.46. The Bertz CT molecular complexity index is 739. The lowest BCUT2D eigenvalue weighted by Crippen LogP contribution is -2.50. The Morgan fingerprint density at radius 2 is 1.39 bits per heavy atom. The molecule has 28 heavy (non-hydrogen) atoms. The zero-order chi connectivity index (χ0) is 19.7. The molecule has 0 atom stereocenters. The maximum Gasteiger partial charge on any atom is 0.238 e. The van der Waals surface area contributed by atoms with Gasteiger partial charge in [0.05, 0.1) is 0 Å². The Labute approximate surface area is 164 Å². The summed E-state index contributed by atoms with van der Waals surface area (Å²) in [7, 11) is 0. The van der Waals surface area contributed by atoms with E-state index < -0.39 is 11.7 Å². The van der Waals surface area contributed by atoms with Crippen LogP contribution in [0, 0.1) is 29.0 Å². The number of amides is 2. The van der Waals surface area contributed by atoms with Gasteiger partial charge in [-0.25, -0.2) is 4.39 Å². The second kappa shape index (κ2) is 7.64. The summed E-state index contributed by atoms with van der Waals surface area (Å²) in [6.07, 6.45) is 7.91. The topological polar surface area (TPSA) is 75.3 Å². The van der Waals surface area contributed by atoms with E-state index in [0.29, 0.717) is 12.0 Å². The van der Waals surface area contributed by atoms with Gasteiger partial charge in [0.1, 0.15) is 5.82 Å². The van der Waals surface area contributed by atoms with Crippen molar-refractivity contribution in [1.82, 2.24) is 10.9 Å². The lowest BCUT2D eigenvalue weighted by molar-refractivity contribution is -0.134. The summed E-state index contributed by atoms with van der Waals surface area (Å²) in [6.45, 7) is 0. The molecular formula is C22H27FN2O3. The molecule has 0 aliphatic heterocycles. The summed E-state index contributed by atoms with van der Waals surface area (Å²) < 4.78 is 12.9. The highest BCUT2D eigenvalue weighted by Crippen LogP contribution is 2.61. The number of hydrazine groups is 1. The van der Waals surface area contributed by atoms with Gasteiger partial charge in [-0.3, -0.25) is 25.2 Å². The minimum atomic E-state index is -0.406. The Morgan fingerprint density at radius 1 is 0.857 bits per heavy atom. The van der Waals surface area contributed by atoms with Gasteiger partial charge in [-0.2, -0.15) is 0 Å². The quantitative estimate of drug-likeness (QED) is 0.580. The Balaban J connectivity index is 1.20. The van der Waals surface area contributed by atoms with E-state index in [1.54, 1.807) is 0 Å². The zero-order valence-corrected chi connectivity index (χ0v) is 16.0. The third-order valence-electron chi connectivity index (χ3n) is 6.79. The van der Waals surface area contributed by atoms with Crippen molar-refractivity contribution in [1.29, 1.82) is 0 Å². The minimum absolute atomic E-state index is 0.0162. The van der Waals surface area contributed by atoms with Crippen molar-refractivity contribution in [2.45, 2.75) is 57.8 Å². The number of Topliss-reactive ketones (excluding diaryl/α,β-unsaturated/α-hetero) is 1. The number of hydrogen-bond donors (Lipinski definition) is 2. The number of benzene rings is 1. The molecule has 0 aromatic heterocycles. The fraction of sp³-hybridized carbons (Fsp3) is 0.591. The number of nitrogens with one attached hydrogen (secondary N) is 2. The average molecular weight is 386 g/mol. The predicted octanol–water partition coefficient (Wildman–Crippen LogP) is 3.54. The molecule has 0 spiro atoms. The van der Waals surface area contributed by atoms with Crippen LogP contribution in [0.15, 0.2) is 24.3 Å². The highest BCUT2D eigenvalue weighted by Gasteiger charge is 2.51. The van der Waals surface area contributed by atoms with E-state index in [-0.39, 0.29) is 29.9 Å². The lowest BCUT2D eigenvalue weighted by atomic mass is 9.49. The third-order valence-corrected chi connectivity index (χ3v) is 6.79. The highest BCUT2D eigenvalue weighted by molar-refractivity contribution is 5.98. The summed E-state index contributed by atoms with van der Waals surface area (Å²) >= 11 is 0. The molecule has 0 unspecified atom stereocenters. The molecule has 4 aliphatic carbocycles. The molecule has 1 aromatic rings. The third kappa shape index (κ3) is 4.26. The van der Waals surface area contributed by atoms with Crippen LogP contribution < -0.4 is 10.9 Å². The van der Waals surface area contributed by atoms with Gasteiger partial charge in [0.25, 0.3) is 0 Å². The molecule has 0 heterocycles. The van der Waals surface area contributed by atoms with Crippen molar-refractivity contribution >= 4 is 17.6 Å². The van der Waals surface area contributed by atoms with E-state index in [2.05, 4.69) is 10.9 Å². The smallest absolute Gasteiger partial charge is 0.238 e. The molecule has 4 saturated carbocycles. The van der Waals surface area contributed by atoms with Crippen LogP contribution in [0.5, 0.6) is 0 Å². The SMILES string of the molecule is O=C(CCC(=O)c1ccc(F)cc1)NNC(=O)CC12CC3CC(CC(C3)C1)C2. The van der Waals surface area contributed by atoms with Crippen molar-refractivity contribution in [3.63, 3.8) is 0 Å². The van der Waals surface area contributed by atoms with E-state index in [0.717, 1.165) is 37.0 Å². The van der Waals surface area contributed by atoms with Crippen LogP contribution in [0.4, 0.5) is 4.39 Å². The van der Waals surface area contributed by atoms with E-state index in [4.69, 9.17) is 0 Å². The monoisotopic (exact) mass is 386 g/mol. The molecule has 2 amide bonds. The van der Waals surface area contributed by atoms with Crippen molar-refractivity contribution in [3.8, 4) is 0 Å². The first kappa shape index (κ1) is 19.1. The lowest BCUT2D eigenvalue weighted by Gasteiger charge is -2.56. The molecule has 4 aliphatic rings. The fourth-order valence-corrected chi connectivity index (χ4v) is 6.10. The Hall–Kier alpha value is -2.24. The standard InChI is InChI=1S/C22H27FN2O3/c23-18-3-1-17(2-4-18)19(26)5-6-20(27)24-25-21(28)13-22-10-14-7-15(11-22)9-16(8-14)12-22/h1-4,14-16H,5-13H2,(H,24,27)(H,25,28). The number of halogens is 1. The zero-order valence-electron chi connectivity index (χ0n) is 16.0. The van der Waals surface area contributed by atoms with Gasteiger partial charge in [0.15, 0.2) is 5.78 Å². The number of carbonyl (C=O) groups excluding carboxylic acids is 3. The average Bonchev–Trinajstić information content (AvgIpc) is 2.63. The molecule has 5 nitrogen and oxygen atoms in total. The van der Waals surface area contributed by atoms with Gasteiger partial charge >= 0.3 is 0 Å². The fourth-order valence-electron chi connectivity index (χ4n) is 6.10. The minimum Gasteiger partial charge on any atom is -0.294 e. The normalized spacial score (nSPS) is 30.1. The summed E-state index contributed by atoms with van der Waals surface area (Å²) in [4.78, 5) is 36.4. The summed E-state index contributed by atoms with van der Waals surface area (Å²) in [5, 5.41) is 0. The van der Waals surface area contributed by atoms with Crippen LogP contribution in [0.2, 0.25) is 0 Å². The maximum atomic E-state index is 12.9. The van der Waals surface area contributed by atoms with Crippen LogP contribution in [0.3, 0.4) is 0 Å². The van der Waals surface area contributed by atoms with E-state index in [1.165, 1.54) is 43.5 Å². The molecule has 4 fully saturated rings. The molecule has 0 radical (unpaired) electrons. The van der Waals surface area contributed by atoms with E-state index in [9.17, 15) is 18.8 Å². The molecule has 5 rings (SSSR count). The number of hydrogen-bond acceptors (Lipinski definition) is 3. The first-order valence-electron chi connectivity index (χ1n) is 10.3. The Morgan fingerprint density at radius 3 is 1.96 bits per heavy atom. The molecule has 6 heteroatoms. The molecule has 150 valence electrons. The molecule has 1 aromatic carbocycles. The van der Waals surface area contributed by atoms with Crippen molar-refractivity contribution < 1.29 is 18.8 Å². The number of rotatable bonds is 6. The predicted molar refractivity (Wildman–Crippen MR) is 101 cm³/mol. The number of ketones is 1. The van der Waals surface area contributed by atoms with Crippen molar-refractivity contribution in [2.24, 2.45) is 23.2 Å². The van der Waals surface area contributed by atoms with E-state index >= 15 is 0 Å².